The first-order chi connectivity index (χ1) is 10.2. The summed E-state index contributed by atoms with van der Waals surface area (Å²) in [5, 5.41) is 0. The largest absolute Gasteiger partial charge is 0.493 e. The number of hydrogen-bond donors (Lipinski definition) is 2. The number of nitrogens with two attached hydrogens (primary N) is 1. The molecule has 0 heterocycles. The molecule has 23 heavy (non-hydrogen) atoms. The number of ether oxygens (including phenoxy) is 2. The van der Waals surface area contributed by atoms with E-state index in [0.29, 0.717) is 6.42 Å². The van der Waals surface area contributed by atoms with Crippen LogP contribution in [-0.4, -0.2) is 35.2 Å². The quantitative estimate of drug-likeness (QED) is 0.729. The van der Waals surface area contributed by atoms with Gasteiger partial charge in [-0.3, -0.25) is 0 Å². The monoisotopic (exact) mass is 370 g/mol. The summed E-state index contributed by atoms with van der Waals surface area (Å²) in [6.45, 7) is 4.04. The van der Waals surface area contributed by atoms with Crippen molar-refractivity contribution < 1.29 is 22.3 Å². The molecule has 0 fully saturated rings. The summed E-state index contributed by atoms with van der Waals surface area (Å²) in [7, 11) is -1.35. The summed E-state index contributed by atoms with van der Waals surface area (Å²) >= 11 is 0. The normalized spacial score (nSPS) is 12.7. The second-order valence-electron chi connectivity index (χ2n) is 5.32. The van der Waals surface area contributed by atoms with E-state index in [4.69, 9.17) is 15.2 Å². The summed E-state index contributed by atoms with van der Waals surface area (Å²) in [6, 6.07) is 1.62. The molecule has 1 atom stereocenters. The first kappa shape index (κ1) is 21.9. The maximum absolute atomic E-state index is 14.1. The van der Waals surface area contributed by atoms with Crippen LogP contribution in [0, 0.1) is 11.7 Å². The number of methoxy groups -OCH3 is 2. The fourth-order valence-corrected chi connectivity index (χ4v) is 3.42. The number of sulfonamides is 1. The number of rotatable bonds is 8. The lowest BCUT2D eigenvalue weighted by atomic mass is 10.1. The first-order valence-electron chi connectivity index (χ1n) is 6.89. The molecule has 9 heteroatoms. The lowest BCUT2D eigenvalue weighted by Crippen LogP contribution is -2.41. The summed E-state index contributed by atoms with van der Waals surface area (Å²) in [6.07, 6.45) is 0.560. The van der Waals surface area contributed by atoms with Gasteiger partial charge in [-0.25, -0.2) is 17.5 Å². The Bertz CT molecular complexity index is 611. The van der Waals surface area contributed by atoms with Gasteiger partial charge in [-0.05, 0) is 12.3 Å². The van der Waals surface area contributed by atoms with Gasteiger partial charge in [0.1, 0.15) is 10.7 Å². The zero-order chi connectivity index (χ0) is 16.9. The summed E-state index contributed by atoms with van der Waals surface area (Å²) in [5.41, 5.74) is 5.58. The molecule has 0 spiro atoms. The lowest BCUT2D eigenvalue weighted by Gasteiger charge is -2.19. The molecule has 0 saturated heterocycles. The zero-order valence-electron chi connectivity index (χ0n) is 13.6. The third kappa shape index (κ3) is 5.80. The van der Waals surface area contributed by atoms with Crippen molar-refractivity contribution in [2.24, 2.45) is 11.7 Å². The van der Waals surface area contributed by atoms with Crippen LogP contribution >= 0.6 is 12.4 Å². The molecule has 0 bridgehead atoms. The van der Waals surface area contributed by atoms with Crippen molar-refractivity contribution in [2.75, 3.05) is 20.8 Å². The Labute approximate surface area is 143 Å². The molecule has 3 N–H and O–H groups in total. The highest BCUT2D eigenvalue weighted by atomic mass is 35.5. The van der Waals surface area contributed by atoms with Crippen molar-refractivity contribution in [3.05, 3.63) is 17.9 Å². The lowest BCUT2D eigenvalue weighted by molar-refractivity contribution is 0.350. The molecule has 0 aliphatic rings. The Morgan fingerprint density at radius 3 is 2.17 bits per heavy atom. The van der Waals surface area contributed by atoms with Crippen LogP contribution in [0.2, 0.25) is 0 Å². The molecule has 1 unspecified atom stereocenters. The van der Waals surface area contributed by atoms with Gasteiger partial charge < -0.3 is 15.2 Å². The van der Waals surface area contributed by atoms with Crippen LogP contribution < -0.4 is 19.9 Å². The fraction of sp³-hybridized carbons (Fsp3) is 0.571. The maximum atomic E-state index is 14.1. The van der Waals surface area contributed by atoms with Gasteiger partial charge in [-0.15, -0.1) is 12.4 Å². The number of hydrogen-bond acceptors (Lipinski definition) is 5. The van der Waals surface area contributed by atoms with Gasteiger partial charge in [0.05, 0.1) is 14.2 Å². The van der Waals surface area contributed by atoms with E-state index in [1.165, 1.54) is 14.2 Å². The molecule has 0 radical (unpaired) electrons. The Balaban J connectivity index is 0.00000484. The smallest absolute Gasteiger partial charge is 0.243 e. The average molecular weight is 371 g/mol. The Morgan fingerprint density at radius 2 is 1.74 bits per heavy atom. The van der Waals surface area contributed by atoms with Gasteiger partial charge in [0.25, 0.3) is 0 Å². The van der Waals surface area contributed by atoms with E-state index in [2.05, 4.69) is 4.72 Å². The van der Waals surface area contributed by atoms with Gasteiger partial charge in [0.2, 0.25) is 10.0 Å². The highest BCUT2D eigenvalue weighted by Gasteiger charge is 2.25. The van der Waals surface area contributed by atoms with Crippen LogP contribution in [0.15, 0.2) is 17.0 Å². The first-order valence-corrected chi connectivity index (χ1v) is 8.37. The number of benzene rings is 1. The number of nitrogens with one attached hydrogen (secondary N) is 1. The molecule has 0 saturated carbocycles. The molecule has 1 aromatic rings. The van der Waals surface area contributed by atoms with E-state index in [9.17, 15) is 12.8 Å². The van der Waals surface area contributed by atoms with E-state index in [-0.39, 0.29) is 36.4 Å². The summed E-state index contributed by atoms with van der Waals surface area (Å²) in [5.74, 6) is -0.397. The molecule has 6 nitrogen and oxygen atoms in total. The SMILES string of the molecule is COc1cc(F)c(S(=O)(=O)NC(CN)CC(C)C)cc1OC.Cl. The second kappa shape index (κ2) is 9.27. The van der Waals surface area contributed by atoms with Crippen molar-refractivity contribution in [3.8, 4) is 11.5 Å². The summed E-state index contributed by atoms with van der Waals surface area (Å²) in [4.78, 5) is -0.493. The van der Waals surface area contributed by atoms with Gasteiger partial charge in [0.15, 0.2) is 11.5 Å². The van der Waals surface area contributed by atoms with Gasteiger partial charge in [-0.1, -0.05) is 13.8 Å². The third-order valence-corrected chi connectivity index (χ3v) is 4.63. The summed E-state index contributed by atoms with van der Waals surface area (Å²) < 4.78 is 51.2. The predicted octanol–water partition coefficient (Wildman–Crippen LogP) is 1.92. The van der Waals surface area contributed by atoms with Crippen LogP contribution in [0.25, 0.3) is 0 Å². The molecule has 0 amide bonds. The van der Waals surface area contributed by atoms with Gasteiger partial charge in [0, 0.05) is 24.7 Å². The molecule has 1 aromatic carbocycles. The molecule has 0 aliphatic carbocycles. The zero-order valence-corrected chi connectivity index (χ0v) is 15.3. The maximum Gasteiger partial charge on any atom is 0.243 e. The average Bonchev–Trinajstić information content (AvgIpc) is 2.44. The van der Waals surface area contributed by atoms with Crippen LogP contribution in [0.5, 0.6) is 11.5 Å². The van der Waals surface area contributed by atoms with E-state index in [1.807, 2.05) is 13.8 Å². The molecular weight excluding hydrogens is 347 g/mol. The molecule has 134 valence electrons. The molecule has 1 rings (SSSR count). The second-order valence-corrected chi connectivity index (χ2v) is 7.00. The van der Waals surface area contributed by atoms with Crippen LogP contribution in [0.1, 0.15) is 20.3 Å². The van der Waals surface area contributed by atoms with E-state index >= 15 is 0 Å². The van der Waals surface area contributed by atoms with Crippen molar-refractivity contribution in [1.82, 2.24) is 4.72 Å². The molecule has 0 aliphatic heterocycles. The highest BCUT2D eigenvalue weighted by Crippen LogP contribution is 2.31. The standard InChI is InChI=1S/C14H23FN2O4S.ClH/c1-9(2)5-10(8-16)17-22(18,19)14-7-13(21-4)12(20-3)6-11(14)15;/h6-7,9-10,17H,5,8,16H2,1-4H3;1H. The Kier molecular flexibility index (Phi) is 8.83. The minimum atomic E-state index is -4.05. The highest BCUT2D eigenvalue weighted by molar-refractivity contribution is 7.89. The Hall–Kier alpha value is -1.09. The Morgan fingerprint density at radius 1 is 1.22 bits per heavy atom. The minimum Gasteiger partial charge on any atom is -0.493 e. The van der Waals surface area contributed by atoms with Crippen molar-refractivity contribution in [2.45, 2.75) is 31.2 Å². The van der Waals surface area contributed by atoms with Crippen LogP contribution in [0.4, 0.5) is 4.39 Å². The van der Waals surface area contributed by atoms with Crippen molar-refractivity contribution >= 4 is 22.4 Å². The van der Waals surface area contributed by atoms with Crippen LogP contribution in [0.3, 0.4) is 0 Å². The van der Waals surface area contributed by atoms with Gasteiger partial charge in [-0.2, -0.15) is 0 Å². The van der Waals surface area contributed by atoms with E-state index in [1.54, 1.807) is 0 Å². The minimum absolute atomic E-state index is 0. The van der Waals surface area contributed by atoms with Gasteiger partial charge >= 0.3 is 0 Å². The van der Waals surface area contributed by atoms with Crippen molar-refractivity contribution in [1.29, 1.82) is 0 Å². The predicted molar refractivity (Wildman–Crippen MR) is 89.4 cm³/mol. The van der Waals surface area contributed by atoms with Crippen LogP contribution in [-0.2, 0) is 10.0 Å². The third-order valence-electron chi connectivity index (χ3n) is 3.09. The van der Waals surface area contributed by atoms with E-state index in [0.717, 1.165) is 12.1 Å². The van der Waals surface area contributed by atoms with E-state index < -0.39 is 26.8 Å². The molecule has 0 aromatic heterocycles. The molecular formula is C14H24ClFN2O4S. The van der Waals surface area contributed by atoms with Crippen molar-refractivity contribution in [3.63, 3.8) is 0 Å². The topological polar surface area (TPSA) is 90.7 Å². The fourth-order valence-electron chi connectivity index (χ4n) is 2.09. The number of halogens is 2.